The van der Waals surface area contributed by atoms with Crippen molar-refractivity contribution in [3.8, 4) is 0 Å². The molecule has 112 valence electrons. The molecule has 0 amide bonds. The Bertz CT molecular complexity index is 648. The summed E-state index contributed by atoms with van der Waals surface area (Å²) in [5.41, 5.74) is 0.0900. The van der Waals surface area contributed by atoms with Crippen LogP contribution in [0.2, 0.25) is 0 Å². The summed E-state index contributed by atoms with van der Waals surface area (Å²) in [5.74, 6) is -0.567. The zero-order valence-electron chi connectivity index (χ0n) is 12.2. The normalized spacial score (nSPS) is 17.8. The minimum Gasteiger partial charge on any atom is -0.480 e. The molecule has 5 nitrogen and oxygen atoms in total. The molecule has 1 fully saturated rings. The maximum absolute atomic E-state index is 12.0. The number of nitrogens with one attached hydrogen (secondary N) is 1. The first-order chi connectivity index (χ1) is 10.2. The lowest BCUT2D eigenvalue weighted by Gasteiger charge is -2.31. The van der Waals surface area contributed by atoms with Crippen molar-refractivity contribution in [1.82, 2.24) is 15.1 Å². The number of rotatable bonds is 7. The summed E-state index contributed by atoms with van der Waals surface area (Å²) < 4.78 is 1.82. The third kappa shape index (κ3) is 2.53. The zero-order valence-corrected chi connectivity index (χ0v) is 12.2. The SMILES string of the molecule is CCCNC(Cn1ncc2ccccc21)(C(=O)O)C1CC1. The zero-order chi connectivity index (χ0) is 14.9. The number of aliphatic carboxylic acids is 1. The van der Waals surface area contributed by atoms with E-state index in [2.05, 4.69) is 17.3 Å². The Morgan fingerprint density at radius 2 is 2.24 bits per heavy atom. The van der Waals surface area contributed by atoms with Gasteiger partial charge in [0.25, 0.3) is 0 Å². The molecule has 0 saturated heterocycles. The third-order valence-corrected chi connectivity index (χ3v) is 4.30. The van der Waals surface area contributed by atoms with E-state index in [1.165, 1.54) is 0 Å². The van der Waals surface area contributed by atoms with Crippen LogP contribution in [0.25, 0.3) is 10.9 Å². The summed E-state index contributed by atoms with van der Waals surface area (Å²) in [7, 11) is 0. The van der Waals surface area contributed by atoms with Crippen LogP contribution >= 0.6 is 0 Å². The molecule has 1 aliphatic rings. The molecule has 3 rings (SSSR count). The number of nitrogens with zero attached hydrogens (tertiary/aromatic N) is 2. The Labute approximate surface area is 124 Å². The number of hydrogen-bond donors (Lipinski definition) is 2. The minimum atomic E-state index is -0.898. The first-order valence-electron chi connectivity index (χ1n) is 7.56. The fraction of sp³-hybridized carbons (Fsp3) is 0.500. The van der Waals surface area contributed by atoms with Crippen molar-refractivity contribution in [1.29, 1.82) is 0 Å². The van der Waals surface area contributed by atoms with E-state index in [4.69, 9.17) is 0 Å². The number of benzene rings is 1. The van der Waals surface area contributed by atoms with Gasteiger partial charge in [0.05, 0.1) is 18.3 Å². The van der Waals surface area contributed by atoms with Crippen LogP contribution in [0.4, 0.5) is 0 Å². The van der Waals surface area contributed by atoms with Crippen molar-refractivity contribution >= 4 is 16.9 Å². The van der Waals surface area contributed by atoms with Gasteiger partial charge in [-0.05, 0) is 37.8 Å². The van der Waals surface area contributed by atoms with Crippen molar-refractivity contribution in [2.24, 2.45) is 5.92 Å². The fourth-order valence-corrected chi connectivity index (χ4v) is 2.96. The Morgan fingerprint density at radius 3 is 2.90 bits per heavy atom. The second-order valence-electron chi connectivity index (χ2n) is 5.84. The van der Waals surface area contributed by atoms with Gasteiger partial charge in [0, 0.05) is 5.39 Å². The summed E-state index contributed by atoms with van der Waals surface area (Å²) in [5, 5.41) is 18.6. The Kier molecular flexibility index (Phi) is 3.68. The lowest BCUT2D eigenvalue weighted by atomic mass is 9.92. The highest BCUT2D eigenvalue weighted by Gasteiger charge is 2.51. The largest absolute Gasteiger partial charge is 0.480 e. The maximum atomic E-state index is 12.0. The molecular weight excluding hydrogens is 266 g/mol. The predicted molar refractivity (Wildman–Crippen MR) is 81.1 cm³/mol. The number of carboxylic acids is 1. The van der Waals surface area contributed by atoms with Gasteiger partial charge in [-0.25, -0.2) is 0 Å². The molecule has 0 spiro atoms. The molecule has 5 heteroatoms. The van der Waals surface area contributed by atoms with Crippen LogP contribution in [0.5, 0.6) is 0 Å². The van der Waals surface area contributed by atoms with Gasteiger partial charge in [-0.3, -0.25) is 9.48 Å². The number of carbonyl (C=O) groups is 1. The highest BCUT2D eigenvalue weighted by atomic mass is 16.4. The van der Waals surface area contributed by atoms with Crippen molar-refractivity contribution in [3.63, 3.8) is 0 Å². The van der Waals surface area contributed by atoms with Crippen LogP contribution < -0.4 is 5.32 Å². The van der Waals surface area contributed by atoms with Gasteiger partial charge in [-0.1, -0.05) is 25.1 Å². The van der Waals surface area contributed by atoms with Crippen LogP contribution in [0, 0.1) is 5.92 Å². The second kappa shape index (κ2) is 5.48. The molecule has 1 aromatic heterocycles. The highest BCUT2D eigenvalue weighted by molar-refractivity contribution is 5.81. The molecule has 1 aliphatic carbocycles. The number of fused-ring (bicyclic) bond motifs is 1. The van der Waals surface area contributed by atoms with E-state index in [0.717, 1.165) is 30.2 Å². The standard InChI is InChI=1S/C16H21N3O2/c1-2-9-17-16(15(20)21,13-7-8-13)11-19-14-6-4-3-5-12(14)10-18-19/h3-6,10,13,17H,2,7-9,11H2,1H3,(H,20,21). The molecule has 0 bridgehead atoms. The van der Waals surface area contributed by atoms with Gasteiger partial charge in [-0.2, -0.15) is 5.10 Å². The summed E-state index contributed by atoms with van der Waals surface area (Å²) in [6, 6.07) is 7.91. The van der Waals surface area contributed by atoms with Crippen LogP contribution in [0.1, 0.15) is 26.2 Å². The van der Waals surface area contributed by atoms with Crippen LogP contribution in [-0.2, 0) is 11.3 Å². The molecular formula is C16H21N3O2. The van der Waals surface area contributed by atoms with Crippen molar-refractivity contribution in [3.05, 3.63) is 30.5 Å². The number of para-hydroxylation sites is 1. The van der Waals surface area contributed by atoms with E-state index >= 15 is 0 Å². The molecule has 1 unspecified atom stereocenters. The van der Waals surface area contributed by atoms with Crippen molar-refractivity contribution in [2.75, 3.05) is 6.54 Å². The van der Waals surface area contributed by atoms with Crippen LogP contribution in [-0.4, -0.2) is 32.9 Å². The Balaban J connectivity index is 1.95. The number of carboxylic acid groups (broad SMARTS) is 1. The maximum Gasteiger partial charge on any atom is 0.326 e. The average Bonchev–Trinajstić information content (AvgIpc) is 3.26. The fourth-order valence-electron chi connectivity index (χ4n) is 2.96. The van der Waals surface area contributed by atoms with Crippen molar-refractivity contribution < 1.29 is 9.90 Å². The van der Waals surface area contributed by atoms with Gasteiger partial charge in [-0.15, -0.1) is 0 Å². The van der Waals surface area contributed by atoms with Gasteiger partial charge in [0.1, 0.15) is 5.54 Å². The molecule has 1 saturated carbocycles. The van der Waals surface area contributed by atoms with E-state index < -0.39 is 11.5 Å². The molecule has 1 heterocycles. The van der Waals surface area contributed by atoms with Gasteiger partial charge in [0.15, 0.2) is 0 Å². The molecule has 2 aromatic rings. The third-order valence-electron chi connectivity index (χ3n) is 4.30. The predicted octanol–water partition coefficient (Wildman–Crippen LogP) is 2.27. The Hall–Kier alpha value is -1.88. The van der Waals surface area contributed by atoms with E-state index in [1.54, 1.807) is 6.20 Å². The summed E-state index contributed by atoms with van der Waals surface area (Å²) in [4.78, 5) is 12.0. The molecule has 2 N–H and O–H groups in total. The lowest BCUT2D eigenvalue weighted by molar-refractivity contribution is -0.146. The molecule has 0 aliphatic heterocycles. The molecule has 0 radical (unpaired) electrons. The van der Waals surface area contributed by atoms with Gasteiger partial charge in [0.2, 0.25) is 0 Å². The smallest absolute Gasteiger partial charge is 0.326 e. The monoisotopic (exact) mass is 287 g/mol. The number of hydrogen-bond acceptors (Lipinski definition) is 3. The summed E-state index contributed by atoms with van der Waals surface area (Å²) in [6.45, 7) is 3.14. The highest BCUT2D eigenvalue weighted by Crippen LogP contribution is 2.41. The van der Waals surface area contributed by atoms with Crippen molar-refractivity contribution in [2.45, 2.75) is 38.3 Å². The van der Waals surface area contributed by atoms with Crippen LogP contribution in [0.15, 0.2) is 30.5 Å². The van der Waals surface area contributed by atoms with E-state index in [1.807, 2.05) is 28.9 Å². The minimum absolute atomic E-state index is 0.199. The lowest BCUT2D eigenvalue weighted by Crippen LogP contribution is -2.57. The molecule has 1 aromatic carbocycles. The van der Waals surface area contributed by atoms with Gasteiger partial charge < -0.3 is 10.4 Å². The Morgan fingerprint density at radius 1 is 1.48 bits per heavy atom. The summed E-state index contributed by atoms with van der Waals surface area (Å²) in [6.07, 6.45) is 4.67. The molecule has 1 atom stereocenters. The van der Waals surface area contributed by atoms with E-state index in [0.29, 0.717) is 13.1 Å². The average molecular weight is 287 g/mol. The van der Waals surface area contributed by atoms with Gasteiger partial charge >= 0.3 is 5.97 Å². The first-order valence-corrected chi connectivity index (χ1v) is 7.56. The second-order valence-corrected chi connectivity index (χ2v) is 5.84. The topological polar surface area (TPSA) is 67.2 Å². The number of aromatic nitrogens is 2. The molecule has 21 heavy (non-hydrogen) atoms. The summed E-state index contributed by atoms with van der Waals surface area (Å²) >= 11 is 0. The van der Waals surface area contributed by atoms with E-state index in [9.17, 15) is 9.90 Å². The quantitative estimate of drug-likeness (QED) is 0.820. The first kappa shape index (κ1) is 14.1. The van der Waals surface area contributed by atoms with E-state index in [-0.39, 0.29) is 5.92 Å². The van der Waals surface area contributed by atoms with Crippen LogP contribution in [0.3, 0.4) is 0 Å².